The second-order valence-corrected chi connectivity index (χ2v) is 5.22. The van der Waals surface area contributed by atoms with Gasteiger partial charge in [-0.15, -0.1) is 0 Å². The number of hydrogen-bond donors (Lipinski definition) is 5. The summed E-state index contributed by atoms with van der Waals surface area (Å²) in [6.45, 7) is 0.0717. The zero-order valence-electron chi connectivity index (χ0n) is 10.2. The van der Waals surface area contributed by atoms with E-state index in [9.17, 15) is 10.2 Å². The summed E-state index contributed by atoms with van der Waals surface area (Å²) >= 11 is 1.39. The third-order valence-electron chi connectivity index (χ3n) is 3.22. The van der Waals surface area contributed by atoms with Crippen LogP contribution in [0.15, 0.2) is 5.16 Å². The van der Waals surface area contributed by atoms with E-state index in [1.807, 2.05) is 6.26 Å². The SMILES string of the molecule is CSc1nc(N)c2c(n1)NC1OC[C@@H](O)[C@@H](O)C1N2. The van der Waals surface area contributed by atoms with Gasteiger partial charge in [-0.05, 0) is 6.26 Å². The second-order valence-electron chi connectivity index (χ2n) is 4.45. The number of nitrogens with one attached hydrogen (secondary N) is 2. The summed E-state index contributed by atoms with van der Waals surface area (Å²) in [5.74, 6) is 0.842. The maximum Gasteiger partial charge on any atom is 0.191 e. The highest BCUT2D eigenvalue weighted by Gasteiger charge is 2.42. The highest BCUT2D eigenvalue weighted by atomic mass is 32.2. The molecule has 104 valence electrons. The molecule has 3 rings (SSSR count). The number of aromatic nitrogens is 2. The van der Waals surface area contributed by atoms with Crippen LogP contribution in [0.4, 0.5) is 17.3 Å². The van der Waals surface area contributed by atoms with Gasteiger partial charge in [0.25, 0.3) is 0 Å². The Labute approximate surface area is 113 Å². The number of fused-ring (bicyclic) bond motifs is 2. The van der Waals surface area contributed by atoms with E-state index in [1.54, 1.807) is 0 Å². The highest BCUT2D eigenvalue weighted by molar-refractivity contribution is 7.98. The van der Waals surface area contributed by atoms with E-state index in [1.165, 1.54) is 11.8 Å². The van der Waals surface area contributed by atoms with Gasteiger partial charge in [0.2, 0.25) is 0 Å². The molecule has 2 aliphatic rings. The fourth-order valence-electron chi connectivity index (χ4n) is 2.21. The Morgan fingerprint density at radius 1 is 1.37 bits per heavy atom. The third kappa shape index (κ3) is 2.08. The number of rotatable bonds is 1. The van der Waals surface area contributed by atoms with Gasteiger partial charge in [0.05, 0.1) is 12.6 Å². The highest BCUT2D eigenvalue weighted by Crippen LogP contribution is 2.35. The Hall–Kier alpha value is -1.29. The van der Waals surface area contributed by atoms with Gasteiger partial charge in [-0.2, -0.15) is 0 Å². The van der Waals surface area contributed by atoms with Crippen molar-refractivity contribution in [3.8, 4) is 0 Å². The standard InChI is InChI=1S/C10H15N5O3S/c1-19-10-13-7(11)5-8(15-10)14-9-4(12-5)6(17)3(16)2-18-9/h3-4,6,9,12,16-17H,2H2,1H3,(H3,11,13,14,15)/t3-,4?,6-,9?/m1/s1. The molecule has 4 atom stereocenters. The Kier molecular flexibility index (Phi) is 3.13. The third-order valence-corrected chi connectivity index (χ3v) is 3.77. The molecule has 0 saturated carbocycles. The molecule has 19 heavy (non-hydrogen) atoms. The molecule has 6 N–H and O–H groups in total. The summed E-state index contributed by atoms with van der Waals surface area (Å²) < 4.78 is 5.44. The predicted molar refractivity (Wildman–Crippen MR) is 71.0 cm³/mol. The lowest BCUT2D eigenvalue weighted by Crippen LogP contribution is -2.60. The first-order valence-corrected chi connectivity index (χ1v) is 7.05. The molecule has 1 aromatic heterocycles. The van der Waals surface area contributed by atoms with Crippen LogP contribution in [0.5, 0.6) is 0 Å². The molecule has 3 heterocycles. The quantitative estimate of drug-likeness (QED) is 0.328. The number of thioether (sulfide) groups is 1. The molecule has 9 heteroatoms. The van der Waals surface area contributed by atoms with Crippen molar-refractivity contribution in [2.45, 2.75) is 29.6 Å². The van der Waals surface area contributed by atoms with Crippen LogP contribution in [-0.4, -0.2) is 57.5 Å². The average molecular weight is 285 g/mol. The topological polar surface area (TPSA) is 126 Å². The Bertz CT molecular complexity index is 502. The Balaban J connectivity index is 1.95. The summed E-state index contributed by atoms with van der Waals surface area (Å²) in [5.41, 5.74) is 6.39. The van der Waals surface area contributed by atoms with Crippen molar-refractivity contribution in [2.75, 3.05) is 29.2 Å². The van der Waals surface area contributed by atoms with E-state index in [-0.39, 0.29) is 6.61 Å². The van der Waals surface area contributed by atoms with Gasteiger partial charge >= 0.3 is 0 Å². The lowest BCUT2D eigenvalue weighted by Gasteiger charge is -2.42. The van der Waals surface area contributed by atoms with E-state index in [2.05, 4.69) is 20.6 Å². The van der Waals surface area contributed by atoms with Gasteiger partial charge in [0, 0.05) is 0 Å². The fourth-order valence-corrected chi connectivity index (χ4v) is 2.58. The minimum Gasteiger partial charge on any atom is -0.388 e. The number of nitrogen functional groups attached to an aromatic ring is 1. The van der Waals surface area contributed by atoms with Crippen LogP contribution >= 0.6 is 11.8 Å². The number of hydrogen-bond acceptors (Lipinski definition) is 9. The molecule has 2 aliphatic heterocycles. The summed E-state index contributed by atoms with van der Waals surface area (Å²) in [6.07, 6.45) is -0.476. The van der Waals surface area contributed by atoms with Crippen LogP contribution < -0.4 is 16.4 Å². The van der Waals surface area contributed by atoms with Crippen LogP contribution in [0, 0.1) is 0 Å². The molecule has 1 saturated heterocycles. The van der Waals surface area contributed by atoms with Crippen LogP contribution in [0.2, 0.25) is 0 Å². The molecular formula is C10H15N5O3S. The lowest BCUT2D eigenvalue weighted by atomic mass is 9.99. The molecule has 0 aliphatic carbocycles. The van der Waals surface area contributed by atoms with E-state index in [0.717, 1.165) is 0 Å². The number of ether oxygens (including phenoxy) is 1. The van der Waals surface area contributed by atoms with Crippen LogP contribution in [-0.2, 0) is 4.74 Å². The maximum atomic E-state index is 9.97. The molecule has 1 fully saturated rings. The number of aliphatic hydroxyl groups excluding tert-OH is 2. The molecule has 0 bridgehead atoms. The van der Waals surface area contributed by atoms with E-state index in [0.29, 0.717) is 22.5 Å². The largest absolute Gasteiger partial charge is 0.388 e. The van der Waals surface area contributed by atoms with Crippen LogP contribution in [0.25, 0.3) is 0 Å². The molecule has 8 nitrogen and oxygen atoms in total. The van der Waals surface area contributed by atoms with Gasteiger partial charge < -0.3 is 31.3 Å². The molecule has 2 unspecified atom stereocenters. The van der Waals surface area contributed by atoms with Crippen molar-refractivity contribution in [1.29, 1.82) is 0 Å². The first-order chi connectivity index (χ1) is 9.10. The fraction of sp³-hybridized carbons (Fsp3) is 0.600. The molecule has 0 radical (unpaired) electrons. The van der Waals surface area contributed by atoms with Crippen molar-refractivity contribution in [1.82, 2.24) is 9.97 Å². The minimum atomic E-state index is -0.945. The van der Waals surface area contributed by atoms with Crippen molar-refractivity contribution >= 4 is 29.1 Å². The lowest BCUT2D eigenvalue weighted by molar-refractivity contribution is -0.121. The number of aliphatic hydroxyl groups is 2. The molecule has 0 amide bonds. The smallest absolute Gasteiger partial charge is 0.191 e. The normalized spacial score (nSPS) is 32.8. The first-order valence-electron chi connectivity index (χ1n) is 5.82. The zero-order valence-corrected chi connectivity index (χ0v) is 11.0. The first kappa shape index (κ1) is 12.7. The van der Waals surface area contributed by atoms with E-state index >= 15 is 0 Å². The monoisotopic (exact) mass is 285 g/mol. The summed E-state index contributed by atoms with van der Waals surface area (Å²) in [7, 11) is 0. The van der Waals surface area contributed by atoms with E-state index < -0.39 is 24.5 Å². The van der Waals surface area contributed by atoms with Crippen molar-refractivity contribution in [2.24, 2.45) is 0 Å². The molecular weight excluding hydrogens is 270 g/mol. The Morgan fingerprint density at radius 2 is 2.16 bits per heavy atom. The van der Waals surface area contributed by atoms with Gasteiger partial charge in [0.1, 0.15) is 17.9 Å². The number of nitrogens with zero attached hydrogens (tertiary/aromatic N) is 2. The number of anilines is 3. The van der Waals surface area contributed by atoms with Gasteiger partial charge in [0.15, 0.2) is 23.0 Å². The average Bonchev–Trinajstić information content (AvgIpc) is 2.41. The van der Waals surface area contributed by atoms with Crippen molar-refractivity contribution < 1.29 is 14.9 Å². The van der Waals surface area contributed by atoms with Crippen molar-refractivity contribution in [3.63, 3.8) is 0 Å². The minimum absolute atomic E-state index is 0.0717. The molecule has 0 aromatic carbocycles. The molecule has 0 spiro atoms. The predicted octanol–water partition coefficient (Wildman–Crippen LogP) is -0.935. The van der Waals surface area contributed by atoms with Crippen LogP contribution in [0.3, 0.4) is 0 Å². The molecule has 1 aromatic rings. The summed E-state index contributed by atoms with van der Waals surface area (Å²) in [6, 6.07) is -0.498. The maximum absolute atomic E-state index is 9.97. The number of nitrogens with two attached hydrogens (primary N) is 1. The van der Waals surface area contributed by atoms with E-state index in [4.69, 9.17) is 10.5 Å². The van der Waals surface area contributed by atoms with Gasteiger partial charge in [-0.1, -0.05) is 11.8 Å². The zero-order chi connectivity index (χ0) is 13.6. The summed E-state index contributed by atoms with van der Waals surface area (Å²) in [5, 5.41) is 26.2. The Morgan fingerprint density at radius 3 is 2.89 bits per heavy atom. The van der Waals surface area contributed by atoms with Gasteiger partial charge in [-0.25, -0.2) is 9.97 Å². The van der Waals surface area contributed by atoms with Crippen molar-refractivity contribution in [3.05, 3.63) is 0 Å². The van der Waals surface area contributed by atoms with Crippen LogP contribution in [0.1, 0.15) is 0 Å². The van der Waals surface area contributed by atoms with Gasteiger partial charge in [-0.3, -0.25) is 0 Å². The second kappa shape index (κ2) is 4.67. The summed E-state index contributed by atoms with van der Waals surface area (Å²) in [4.78, 5) is 8.43.